The van der Waals surface area contributed by atoms with Gasteiger partial charge in [-0.3, -0.25) is 4.68 Å². The van der Waals surface area contributed by atoms with Gasteiger partial charge < -0.3 is 4.74 Å². The lowest BCUT2D eigenvalue weighted by molar-refractivity contribution is 0.0530. The quantitative estimate of drug-likeness (QED) is 0.398. The lowest BCUT2D eigenvalue weighted by atomic mass is 10.0. The third-order valence-corrected chi connectivity index (χ3v) is 6.90. The van der Waals surface area contributed by atoms with E-state index in [-0.39, 0.29) is 5.97 Å². The van der Waals surface area contributed by atoms with Gasteiger partial charge >= 0.3 is 5.97 Å². The Morgan fingerprint density at radius 2 is 2.10 bits per heavy atom. The highest BCUT2D eigenvalue weighted by molar-refractivity contribution is 7.17. The van der Waals surface area contributed by atoms with E-state index in [0.717, 1.165) is 63.7 Å². The zero-order valence-corrected chi connectivity index (χ0v) is 19.0. The molecule has 0 amide bonds. The van der Waals surface area contributed by atoms with Gasteiger partial charge in [-0.15, -0.1) is 11.3 Å². The molecule has 4 aromatic rings. The van der Waals surface area contributed by atoms with Crippen molar-refractivity contribution in [1.29, 1.82) is 0 Å². The first-order valence-electron chi connectivity index (χ1n) is 10.7. The van der Waals surface area contributed by atoms with Gasteiger partial charge in [-0.2, -0.15) is 10.2 Å². The van der Waals surface area contributed by atoms with Crippen LogP contribution < -0.4 is 0 Å². The molecule has 0 radical (unpaired) electrons. The summed E-state index contributed by atoms with van der Waals surface area (Å²) >= 11 is 1.42. The van der Waals surface area contributed by atoms with Crippen molar-refractivity contribution in [3.63, 3.8) is 0 Å². The molecule has 7 nitrogen and oxygen atoms in total. The van der Waals surface area contributed by atoms with Crippen LogP contribution in [0, 0.1) is 13.8 Å². The predicted molar refractivity (Wildman–Crippen MR) is 121 cm³/mol. The summed E-state index contributed by atoms with van der Waals surface area (Å²) < 4.78 is 9.18. The molecule has 8 heteroatoms. The van der Waals surface area contributed by atoms with E-state index in [0.29, 0.717) is 17.4 Å². The van der Waals surface area contributed by atoms with Crippen molar-refractivity contribution >= 4 is 22.8 Å². The van der Waals surface area contributed by atoms with E-state index in [2.05, 4.69) is 30.1 Å². The van der Waals surface area contributed by atoms with Crippen LogP contribution in [0.4, 0.5) is 0 Å². The van der Waals surface area contributed by atoms with Crippen molar-refractivity contribution < 1.29 is 9.53 Å². The molecular weight excluding hydrogens is 410 g/mol. The van der Waals surface area contributed by atoms with Gasteiger partial charge in [0.2, 0.25) is 0 Å². The molecule has 0 saturated heterocycles. The van der Waals surface area contributed by atoms with E-state index in [1.54, 1.807) is 0 Å². The second-order valence-electron chi connectivity index (χ2n) is 7.89. The molecule has 31 heavy (non-hydrogen) atoms. The second-order valence-corrected chi connectivity index (χ2v) is 8.89. The van der Waals surface area contributed by atoms with Gasteiger partial charge in [-0.05, 0) is 52.7 Å². The number of rotatable bonds is 6. The molecule has 0 unspecified atom stereocenters. The standard InChI is InChI=1S/C23H25N5O2S/c1-5-27-14(4)19(13(3)26-27)17-12-24-28-10-9-16(11-18(17)28)22-25-20(15-7-8-15)21(31-22)23(29)30-6-2/h9-12,15H,5-8H2,1-4H3. The molecular formula is C23H25N5O2S. The first-order valence-corrected chi connectivity index (χ1v) is 11.5. The second kappa shape index (κ2) is 7.60. The summed E-state index contributed by atoms with van der Waals surface area (Å²) in [5.74, 6) is 0.112. The highest BCUT2D eigenvalue weighted by Gasteiger charge is 2.33. The lowest BCUT2D eigenvalue weighted by Gasteiger charge is -2.03. The van der Waals surface area contributed by atoms with E-state index in [4.69, 9.17) is 9.72 Å². The van der Waals surface area contributed by atoms with Crippen molar-refractivity contribution in [3.05, 3.63) is 46.5 Å². The van der Waals surface area contributed by atoms with E-state index in [1.165, 1.54) is 11.3 Å². The smallest absolute Gasteiger partial charge is 0.350 e. The average Bonchev–Trinajstić information content (AvgIpc) is 3.26. The topological polar surface area (TPSA) is 74.3 Å². The van der Waals surface area contributed by atoms with Crippen LogP contribution in [0.2, 0.25) is 0 Å². The summed E-state index contributed by atoms with van der Waals surface area (Å²) in [5.41, 5.74) is 7.18. The number of carbonyl (C=O) groups excluding carboxylic acids is 1. The van der Waals surface area contributed by atoms with Gasteiger partial charge in [0.05, 0.1) is 29.7 Å². The number of nitrogens with zero attached hydrogens (tertiary/aromatic N) is 5. The van der Waals surface area contributed by atoms with Crippen molar-refractivity contribution in [2.75, 3.05) is 6.61 Å². The van der Waals surface area contributed by atoms with Crippen molar-refractivity contribution in [2.45, 2.75) is 53.0 Å². The zero-order chi connectivity index (χ0) is 21.7. The summed E-state index contributed by atoms with van der Waals surface area (Å²) in [7, 11) is 0. The zero-order valence-electron chi connectivity index (χ0n) is 18.2. The summed E-state index contributed by atoms with van der Waals surface area (Å²) in [6, 6.07) is 4.11. The fraction of sp³-hybridized carbons (Fsp3) is 0.391. The van der Waals surface area contributed by atoms with Gasteiger partial charge in [0.15, 0.2) is 0 Å². The Hall–Kier alpha value is -3.00. The van der Waals surface area contributed by atoms with Gasteiger partial charge in [0.1, 0.15) is 9.88 Å². The molecule has 1 fully saturated rings. The Balaban J connectivity index is 1.62. The third kappa shape index (κ3) is 3.35. The van der Waals surface area contributed by atoms with E-state index in [9.17, 15) is 4.79 Å². The number of carbonyl (C=O) groups is 1. The lowest BCUT2D eigenvalue weighted by Crippen LogP contribution is -2.05. The Labute approximate surface area is 184 Å². The SMILES string of the molecule is CCOC(=O)c1sc(-c2ccn3ncc(-c4c(C)nn(CC)c4C)c3c2)nc1C1CC1. The maximum Gasteiger partial charge on any atom is 0.350 e. The molecule has 0 atom stereocenters. The molecule has 4 aromatic heterocycles. The van der Waals surface area contributed by atoms with E-state index in [1.807, 2.05) is 41.5 Å². The molecule has 0 bridgehead atoms. The molecule has 4 heterocycles. The number of hydrogen-bond acceptors (Lipinski definition) is 6. The summed E-state index contributed by atoms with van der Waals surface area (Å²) in [6.07, 6.45) is 6.02. The Morgan fingerprint density at radius 1 is 1.29 bits per heavy atom. The molecule has 5 rings (SSSR count). The van der Waals surface area contributed by atoms with E-state index >= 15 is 0 Å². The van der Waals surface area contributed by atoms with Crippen LogP contribution in [0.3, 0.4) is 0 Å². The van der Waals surface area contributed by atoms with Crippen LogP contribution in [-0.4, -0.2) is 37.0 Å². The first-order chi connectivity index (χ1) is 15.0. The molecule has 0 spiro atoms. The fourth-order valence-electron chi connectivity index (χ4n) is 4.13. The number of esters is 1. The van der Waals surface area contributed by atoms with Gasteiger partial charge in [-0.1, -0.05) is 0 Å². The van der Waals surface area contributed by atoms with Crippen molar-refractivity contribution in [1.82, 2.24) is 24.4 Å². The van der Waals surface area contributed by atoms with Crippen LogP contribution in [0.5, 0.6) is 0 Å². The maximum atomic E-state index is 12.5. The first kappa shape index (κ1) is 19.9. The molecule has 0 aromatic carbocycles. The minimum absolute atomic E-state index is 0.266. The van der Waals surface area contributed by atoms with Crippen LogP contribution in [0.15, 0.2) is 24.5 Å². The molecule has 0 N–H and O–H groups in total. The minimum Gasteiger partial charge on any atom is -0.462 e. The number of pyridine rings is 1. The average molecular weight is 436 g/mol. The van der Waals surface area contributed by atoms with Gasteiger partial charge in [0.25, 0.3) is 0 Å². The van der Waals surface area contributed by atoms with Crippen LogP contribution >= 0.6 is 11.3 Å². The number of fused-ring (bicyclic) bond motifs is 1. The molecule has 1 saturated carbocycles. The highest BCUT2D eigenvalue weighted by Crippen LogP contribution is 2.44. The molecule has 1 aliphatic rings. The van der Waals surface area contributed by atoms with Crippen LogP contribution in [0.25, 0.3) is 27.2 Å². The summed E-state index contributed by atoms with van der Waals surface area (Å²) in [5, 5.41) is 10.1. The number of thiazole rings is 1. The molecule has 0 aliphatic heterocycles. The largest absolute Gasteiger partial charge is 0.462 e. The predicted octanol–water partition coefficient (Wildman–Crippen LogP) is 5.01. The summed E-state index contributed by atoms with van der Waals surface area (Å²) in [6.45, 7) is 9.26. The van der Waals surface area contributed by atoms with Crippen molar-refractivity contribution in [3.8, 4) is 21.7 Å². The van der Waals surface area contributed by atoms with E-state index < -0.39 is 0 Å². The summed E-state index contributed by atoms with van der Waals surface area (Å²) in [4.78, 5) is 18.0. The van der Waals surface area contributed by atoms with Crippen molar-refractivity contribution in [2.24, 2.45) is 0 Å². The number of aromatic nitrogens is 5. The Kier molecular flexibility index (Phi) is 4.89. The molecule has 160 valence electrons. The fourth-order valence-corrected chi connectivity index (χ4v) is 5.17. The van der Waals surface area contributed by atoms with Crippen LogP contribution in [0.1, 0.15) is 59.4 Å². The normalized spacial score (nSPS) is 13.8. The maximum absolute atomic E-state index is 12.5. The number of ether oxygens (including phenoxy) is 1. The van der Waals surface area contributed by atoms with Crippen LogP contribution in [-0.2, 0) is 11.3 Å². The van der Waals surface area contributed by atoms with Gasteiger partial charge in [0, 0.05) is 41.0 Å². The van der Waals surface area contributed by atoms with Gasteiger partial charge in [-0.25, -0.2) is 14.3 Å². The number of aryl methyl sites for hydroxylation is 2. The number of hydrogen-bond donors (Lipinski definition) is 0. The Morgan fingerprint density at radius 3 is 2.77 bits per heavy atom. The highest BCUT2D eigenvalue weighted by atomic mass is 32.1. The molecule has 1 aliphatic carbocycles. The Bertz CT molecular complexity index is 1300. The minimum atomic E-state index is -0.266. The monoisotopic (exact) mass is 435 g/mol. The third-order valence-electron chi connectivity index (χ3n) is 5.80.